The maximum absolute atomic E-state index is 12.2. The summed E-state index contributed by atoms with van der Waals surface area (Å²) in [5, 5.41) is 4.60. The molecule has 0 radical (unpaired) electrons. The van der Waals surface area contributed by atoms with Crippen molar-refractivity contribution >= 4 is 17.5 Å². The molecule has 1 aliphatic rings. The standard InChI is InChI=1S/C16H18ClN3O3/c1-11-10-20(8-9-22-11)15(21)7-6-14-18-16(19-23-14)12-2-4-13(17)5-3-12/h2-5,11H,6-10H2,1H3. The second-order valence-corrected chi connectivity index (χ2v) is 5.98. The lowest BCUT2D eigenvalue weighted by Crippen LogP contribution is -2.44. The van der Waals surface area contributed by atoms with Gasteiger partial charge in [-0.05, 0) is 31.2 Å². The molecule has 3 rings (SSSR count). The number of aryl methyl sites for hydroxylation is 1. The molecule has 0 saturated carbocycles. The fourth-order valence-corrected chi connectivity index (χ4v) is 2.62. The zero-order valence-corrected chi connectivity index (χ0v) is 13.6. The monoisotopic (exact) mass is 335 g/mol. The van der Waals surface area contributed by atoms with Crippen molar-refractivity contribution in [3.05, 3.63) is 35.2 Å². The Bertz CT molecular complexity index is 671. The van der Waals surface area contributed by atoms with Crippen LogP contribution < -0.4 is 0 Å². The molecule has 122 valence electrons. The molecule has 1 fully saturated rings. The van der Waals surface area contributed by atoms with Crippen LogP contribution in [0.25, 0.3) is 11.4 Å². The van der Waals surface area contributed by atoms with Crippen molar-refractivity contribution in [2.45, 2.75) is 25.9 Å². The van der Waals surface area contributed by atoms with Crippen LogP contribution in [0.3, 0.4) is 0 Å². The van der Waals surface area contributed by atoms with E-state index in [2.05, 4.69) is 10.1 Å². The highest BCUT2D eigenvalue weighted by Crippen LogP contribution is 2.19. The zero-order valence-electron chi connectivity index (χ0n) is 12.9. The molecule has 2 aromatic rings. The number of benzene rings is 1. The second-order valence-electron chi connectivity index (χ2n) is 5.54. The van der Waals surface area contributed by atoms with Gasteiger partial charge in [-0.1, -0.05) is 16.8 Å². The van der Waals surface area contributed by atoms with E-state index < -0.39 is 0 Å². The third-order valence-electron chi connectivity index (χ3n) is 3.72. The van der Waals surface area contributed by atoms with E-state index in [0.717, 1.165) is 5.56 Å². The van der Waals surface area contributed by atoms with Gasteiger partial charge in [0, 0.05) is 36.5 Å². The first-order chi connectivity index (χ1) is 11.1. The molecule has 1 aromatic carbocycles. The molecule has 23 heavy (non-hydrogen) atoms. The summed E-state index contributed by atoms with van der Waals surface area (Å²) in [6.07, 6.45) is 0.882. The van der Waals surface area contributed by atoms with Crippen molar-refractivity contribution in [3.8, 4) is 11.4 Å². The number of morpholine rings is 1. The molecule has 1 amide bonds. The van der Waals surface area contributed by atoms with Gasteiger partial charge in [-0.3, -0.25) is 4.79 Å². The van der Waals surface area contributed by atoms with E-state index in [1.807, 2.05) is 24.0 Å². The van der Waals surface area contributed by atoms with Gasteiger partial charge in [0.1, 0.15) is 0 Å². The largest absolute Gasteiger partial charge is 0.375 e. The Balaban J connectivity index is 1.56. The van der Waals surface area contributed by atoms with E-state index in [-0.39, 0.29) is 12.0 Å². The summed E-state index contributed by atoms with van der Waals surface area (Å²) in [4.78, 5) is 18.3. The fourth-order valence-electron chi connectivity index (χ4n) is 2.49. The molecule has 0 bridgehead atoms. The van der Waals surface area contributed by atoms with E-state index in [4.69, 9.17) is 20.9 Å². The number of amides is 1. The minimum Gasteiger partial charge on any atom is -0.375 e. The highest BCUT2D eigenvalue weighted by molar-refractivity contribution is 6.30. The number of carbonyl (C=O) groups is 1. The second kappa shape index (κ2) is 7.10. The highest BCUT2D eigenvalue weighted by Gasteiger charge is 2.21. The van der Waals surface area contributed by atoms with E-state index in [1.165, 1.54) is 0 Å². The number of hydrogen-bond acceptors (Lipinski definition) is 5. The Morgan fingerprint density at radius 2 is 2.17 bits per heavy atom. The average Bonchev–Trinajstić information content (AvgIpc) is 3.02. The van der Waals surface area contributed by atoms with Crippen LogP contribution in [0.15, 0.2) is 28.8 Å². The lowest BCUT2D eigenvalue weighted by atomic mass is 10.2. The van der Waals surface area contributed by atoms with Gasteiger partial charge in [0.05, 0.1) is 12.7 Å². The summed E-state index contributed by atoms with van der Waals surface area (Å²) in [6, 6.07) is 7.21. The Kier molecular flexibility index (Phi) is 4.93. The number of carbonyl (C=O) groups excluding carboxylic acids is 1. The summed E-state index contributed by atoms with van der Waals surface area (Å²) in [5.74, 6) is 1.06. The lowest BCUT2D eigenvalue weighted by Gasteiger charge is -2.31. The SMILES string of the molecule is CC1CN(C(=O)CCc2nc(-c3ccc(Cl)cc3)no2)CCO1. The van der Waals surface area contributed by atoms with Crippen LogP contribution in [0.5, 0.6) is 0 Å². The van der Waals surface area contributed by atoms with Gasteiger partial charge in [-0.2, -0.15) is 4.98 Å². The molecule has 2 heterocycles. The zero-order chi connectivity index (χ0) is 16.2. The predicted octanol–water partition coefficient (Wildman–Crippen LogP) is 2.57. The minimum absolute atomic E-state index is 0.0893. The molecular weight excluding hydrogens is 318 g/mol. The molecule has 0 aliphatic carbocycles. The normalized spacial score (nSPS) is 18.2. The van der Waals surface area contributed by atoms with Crippen LogP contribution in [0.1, 0.15) is 19.2 Å². The first-order valence-corrected chi connectivity index (χ1v) is 7.97. The van der Waals surface area contributed by atoms with E-state index in [9.17, 15) is 4.79 Å². The summed E-state index contributed by atoms with van der Waals surface area (Å²) in [6.45, 7) is 3.84. The van der Waals surface area contributed by atoms with Crippen LogP contribution in [0, 0.1) is 0 Å². The average molecular weight is 336 g/mol. The molecule has 7 heteroatoms. The number of aromatic nitrogens is 2. The van der Waals surface area contributed by atoms with E-state index in [0.29, 0.717) is 49.3 Å². The Hall–Kier alpha value is -1.92. The molecule has 1 unspecified atom stereocenters. The quantitative estimate of drug-likeness (QED) is 0.859. The van der Waals surface area contributed by atoms with Crippen LogP contribution in [-0.2, 0) is 16.0 Å². The van der Waals surface area contributed by atoms with Crippen LogP contribution in [0.2, 0.25) is 5.02 Å². The van der Waals surface area contributed by atoms with Gasteiger partial charge in [-0.15, -0.1) is 0 Å². The Morgan fingerprint density at radius 3 is 2.91 bits per heavy atom. The number of halogens is 1. The number of rotatable bonds is 4. The van der Waals surface area contributed by atoms with Gasteiger partial charge in [0.25, 0.3) is 0 Å². The van der Waals surface area contributed by atoms with Gasteiger partial charge < -0.3 is 14.2 Å². The van der Waals surface area contributed by atoms with Crippen molar-refractivity contribution in [2.24, 2.45) is 0 Å². The molecule has 1 aromatic heterocycles. The number of hydrogen-bond donors (Lipinski definition) is 0. The van der Waals surface area contributed by atoms with Crippen molar-refractivity contribution in [1.82, 2.24) is 15.0 Å². The number of ether oxygens (including phenoxy) is 1. The smallest absolute Gasteiger partial charge is 0.227 e. The van der Waals surface area contributed by atoms with E-state index in [1.54, 1.807) is 12.1 Å². The van der Waals surface area contributed by atoms with Crippen molar-refractivity contribution in [1.29, 1.82) is 0 Å². The van der Waals surface area contributed by atoms with Crippen molar-refractivity contribution in [2.75, 3.05) is 19.7 Å². The molecule has 0 N–H and O–H groups in total. The van der Waals surface area contributed by atoms with Crippen LogP contribution in [-0.4, -0.2) is 46.7 Å². The molecule has 1 saturated heterocycles. The van der Waals surface area contributed by atoms with Gasteiger partial charge in [0.2, 0.25) is 17.6 Å². The summed E-state index contributed by atoms with van der Waals surface area (Å²) < 4.78 is 10.7. The number of nitrogens with zero attached hydrogens (tertiary/aromatic N) is 3. The van der Waals surface area contributed by atoms with Crippen molar-refractivity contribution < 1.29 is 14.1 Å². The minimum atomic E-state index is 0.0893. The van der Waals surface area contributed by atoms with E-state index >= 15 is 0 Å². The molecule has 0 spiro atoms. The first-order valence-electron chi connectivity index (χ1n) is 7.60. The van der Waals surface area contributed by atoms with Crippen LogP contribution >= 0.6 is 11.6 Å². The maximum atomic E-state index is 12.2. The molecule has 1 atom stereocenters. The lowest BCUT2D eigenvalue weighted by molar-refractivity contribution is -0.138. The third kappa shape index (κ3) is 4.09. The molecular formula is C16H18ClN3O3. The summed E-state index contributed by atoms with van der Waals surface area (Å²) in [5.41, 5.74) is 0.831. The maximum Gasteiger partial charge on any atom is 0.227 e. The predicted molar refractivity (Wildman–Crippen MR) is 85.1 cm³/mol. The fraction of sp³-hybridized carbons (Fsp3) is 0.438. The molecule has 6 nitrogen and oxygen atoms in total. The first kappa shape index (κ1) is 16.0. The Labute approximate surface area is 139 Å². The van der Waals surface area contributed by atoms with Gasteiger partial charge in [0.15, 0.2) is 0 Å². The topological polar surface area (TPSA) is 68.5 Å². The van der Waals surface area contributed by atoms with Gasteiger partial charge >= 0.3 is 0 Å². The van der Waals surface area contributed by atoms with Gasteiger partial charge in [-0.25, -0.2) is 0 Å². The van der Waals surface area contributed by atoms with Crippen molar-refractivity contribution in [3.63, 3.8) is 0 Å². The molecule has 1 aliphatic heterocycles. The third-order valence-corrected chi connectivity index (χ3v) is 3.97. The highest BCUT2D eigenvalue weighted by atomic mass is 35.5. The summed E-state index contributed by atoms with van der Waals surface area (Å²) >= 11 is 5.86. The van der Waals surface area contributed by atoms with Crippen LogP contribution in [0.4, 0.5) is 0 Å². The summed E-state index contributed by atoms with van der Waals surface area (Å²) in [7, 11) is 0. The Morgan fingerprint density at radius 1 is 1.39 bits per heavy atom.